The van der Waals surface area contributed by atoms with Gasteiger partial charge in [-0.1, -0.05) is 12.1 Å². The van der Waals surface area contributed by atoms with Gasteiger partial charge in [0.2, 0.25) is 5.91 Å². The highest BCUT2D eigenvalue weighted by Gasteiger charge is 2.28. The van der Waals surface area contributed by atoms with E-state index in [2.05, 4.69) is 38.8 Å². The summed E-state index contributed by atoms with van der Waals surface area (Å²) in [5.74, 6) is 0.486. The first-order valence-electron chi connectivity index (χ1n) is 9.74. The number of aromatic nitrogens is 2. The van der Waals surface area contributed by atoms with E-state index < -0.39 is 6.61 Å². The fourth-order valence-corrected chi connectivity index (χ4v) is 4.75. The predicted octanol–water partition coefficient (Wildman–Crippen LogP) is 4.76. The Morgan fingerprint density at radius 1 is 1.23 bits per heavy atom. The summed E-state index contributed by atoms with van der Waals surface area (Å²) in [7, 11) is 0. The molecule has 1 saturated heterocycles. The Morgan fingerprint density at radius 2 is 1.97 bits per heavy atom. The van der Waals surface area contributed by atoms with E-state index >= 15 is 0 Å². The van der Waals surface area contributed by atoms with Crippen molar-refractivity contribution in [1.82, 2.24) is 9.97 Å². The highest BCUT2D eigenvalue weighted by Crippen LogP contribution is 2.36. The van der Waals surface area contributed by atoms with E-state index in [0.717, 1.165) is 16.0 Å². The second-order valence-corrected chi connectivity index (χ2v) is 8.49. The topological polar surface area (TPSA) is 67.4 Å². The van der Waals surface area contributed by atoms with E-state index in [1.165, 1.54) is 16.5 Å². The number of nitrogens with zero attached hydrogens (tertiary/aromatic N) is 3. The number of thiophene rings is 1. The number of amides is 1. The van der Waals surface area contributed by atoms with Gasteiger partial charge in [-0.25, -0.2) is 9.97 Å². The van der Waals surface area contributed by atoms with Crippen LogP contribution in [0.15, 0.2) is 30.6 Å². The average Bonchev–Trinajstić information content (AvgIpc) is 3.03. The predicted molar refractivity (Wildman–Crippen MR) is 114 cm³/mol. The monoisotopic (exact) mass is 432 g/mol. The highest BCUT2D eigenvalue weighted by molar-refractivity contribution is 7.18. The number of hydrogen-bond donors (Lipinski definition) is 1. The summed E-state index contributed by atoms with van der Waals surface area (Å²) in [6.45, 7) is 2.60. The van der Waals surface area contributed by atoms with Gasteiger partial charge in [0.1, 0.15) is 22.7 Å². The third kappa shape index (κ3) is 4.07. The largest absolute Gasteiger partial charge is 0.433 e. The fraction of sp³-hybridized carbons (Fsp3) is 0.381. The number of anilines is 2. The van der Waals surface area contributed by atoms with Crippen molar-refractivity contribution in [2.75, 3.05) is 23.3 Å². The number of ether oxygens (including phenoxy) is 1. The maximum Gasteiger partial charge on any atom is 0.387 e. The smallest absolute Gasteiger partial charge is 0.387 e. The number of piperidine rings is 1. The zero-order valence-corrected chi connectivity index (χ0v) is 17.5. The van der Waals surface area contributed by atoms with Crippen LogP contribution in [0.3, 0.4) is 0 Å². The number of benzene rings is 1. The van der Waals surface area contributed by atoms with Crippen molar-refractivity contribution in [3.63, 3.8) is 0 Å². The summed E-state index contributed by atoms with van der Waals surface area (Å²) in [5.41, 5.74) is 1.45. The first-order valence-corrected chi connectivity index (χ1v) is 10.6. The summed E-state index contributed by atoms with van der Waals surface area (Å²) >= 11 is 1.66. The van der Waals surface area contributed by atoms with Crippen molar-refractivity contribution in [3.05, 3.63) is 41.0 Å². The second kappa shape index (κ2) is 8.51. The fourth-order valence-electron chi connectivity index (χ4n) is 3.76. The minimum Gasteiger partial charge on any atom is -0.433 e. The molecule has 1 N–H and O–H groups in total. The third-order valence-electron chi connectivity index (χ3n) is 5.47. The Morgan fingerprint density at radius 3 is 2.70 bits per heavy atom. The summed E-state index contributed by atoms with van der Waals surface area (Å²) in [5, 5.41) is 3.83. The van der Waals surface area contributed by atoms with Crippen molar-refractivity contribution < 1.29 is 18.3 Å². The van der Waals surface area contributed by atoms with E-state index in [4.69, 9.17) is 0 Å². The molecule has 1 aliphatic rings. The van der Waals surface area contributed by atoms with Crippen molar-refractivity contribution in [3.8, 4) is 5.75 Å². The Labute approximate surface area is 176 Å². The molecule has 2 aromatic heterocycles. The summed E-state index contributed by atoms with van der Waals surface area (Å²) < 4.78 is 29.7. The van der Waals surface area contributed by atoms with Gasteiger partial charge in [-0.15, -0.1) is 11.3 Å². The van der Waals surface area contributed by atoms with Crippen LogP contribution in [-0.2, 0) is 4.79 Å². The van der Waals surface area contributed by atoms with Crippen LogP contribution in [0.25, 0.3) is 10.2 Å². The number of nitrogens with one attached hydrogen (secondary N) is 1. The Balaban J connectivity index is 1.44. The van der Waals surface area contributed by atoms with Crippen LogP contribution in [0.2, 0.25) is 0 Å². The van der Waals surface area contributed by atoms with Crippen LogP contribution in [0.5, 0.6) is 5.75 Å². The van der Waals surface area contributed by atoms with Crippen molar-refractivity contribution >= 4 is 39.0 Å². The van der Waals surface area contributed by atoms with Gasteiger partial charge >= 0.3 is 6.61 Å². The van der Waals surface area contributed by atoms with Crippen molar-refractivity contribution in [2.24, 2.45) is 5.92 Å². The molecule has 3 heterocycles. The van der Waals surface area contributed by atoms with E-state index in [0.29, 0.717) is 25.9 Å². The maximum absolute atomic E-state index is 12.7. The second-order valence-electron chi connectivity index (χ2n) is 7.29. The molecule has 0 saturated carbocycles. The summed E-state index contributed by atoms with van der Waals surface area (Å²) in [6, 6.07) is 6.23. The van der Waals surface area contributed by atoms with Crippen LogP contribution >= 0.6 is 11.3 Å². The van der Waals surface area contributed by atoms with Gasteiger partial charge in [-0.3, -0.25) is 4.79 Å². The Kier molecular flexibility index (Phi) is 5.80. The van der Waals surface area contributed by atoms with Gasteiger partial charge in [-0.05, 0) is 44.4 Å². The van der Waals surface area contributed by atoms with Crippen LogP contribution in [-0.4, -0.2) is 35.6 Å². The Bertz CT molecular complexity index is 1060. The standard InChI is InChI=1S/C21H22F2N4O2S/c1-12-13(2)30-20-17(12)18(24-11-25-20)27-9-7-14(8-10-27)19(28)26-15-5-3-4-6-16(15)29-21(22)23/h3-6,11,14,21H,7-10H2,1-2H3,(H,26,28). The summed E-state index contributed by atoms with van der Waals surface area (Å²) in [4.78, 5) is 26.0. The van der Waals surface area contributed by atoms with E-state index in [1.54, 1.807) is 35.9 Å². The van der Waals surface area contributed by atoms with E-state index in [-0.39, 0.29) is 23.3 Å². The van der Waals surface area contributed by atoms with E-state index in [9.17, 15) is 13.6 Å². The Hall–Kier alpha value is -2.81. The number of hydrogen-bond acceptors (Lipinski definition) is 6. The molecule has 0 radical (unpaired) electrons. The van der Waals surface area contributed by atoms with Crippen molar-refractivity contribution in [1.29, 1.82) is 0 Å². The molecule has 1 aromatic carbocycles. The number of para-hydroxylation sites is 2. The lowest BCUT2D eigenvalue weighted by molar-refractivity contribution is -0.120. The van der Waals surface area contributed by atoms with Gasteiger partial charge in [0.15, 0.2) is 0 Å². The molecule has 0 aliphatic carbocycles. The zero-order valence-electron chi connectivity index (χ0n) is 16.7. The molecule has 6 nitrogen and oxygen atoms in total. The van der Waals surface area contributed by atoms with Gasteiger partial charge < -0.3 is 15.0 Å². The molecule has 30 heavy (non-hydrogen) atoms. The van der Waals surface area contributed by atoms with Crippen LogP contribution in [0, 0.1) is 19.8 Å². The highest BCUT2D eigenvalue weighted by atomic mass is 32.1. The molecule has 0 spiro atoms. The number of halogens is 2. The van der Waals surface area contributed by atoms with Gasteiger partial charge in [-0.2, -0.15) is 8.78 Å². The number of fused-ring (bicyclic) bond motifs is 1. The molecule has 4 rings (SSSR count). The molecule has 1 fully saturated rings. The van der Waals surface area contributed by atoms with Crippen LogP contribution in [0.1, 0.15) is 23.3 Å². The molecule has 0 atom stereocenters. The van der Waals surface area contributed by atoms with E-state index in [1.807, 2.05) is 0 Å². The molecule has 0 bridgehead atoms. The number of carbonyl (C=O) groups is 1. The minimum absolute atomic E-state index is 0.0371. The molecule has 9 heteroatoms. The lowest BCUT2D eigenvalue weighted by Crippen LogP contribution is -2.38. The average molecular weight is 432 g/mol. The SMILES string of the molecule is Cc1sc2ncnc(N3CCC(C(=O)Nc4ccccc4OC(F)F)CC3)c2c1C. The van der Waals surface area contributed by atoms with Crippen LogP contribution in [0.4, 0.5) is 20.3 Å². The molecular weight excluding hydrogens is 410 g/mol. The number of aryl methyl sites for hydroxylation is 2. The quantitative estimate of drug-likeness (QED) is 0.629. The van der Waals surface area contributed by atoms with Gasteiger partial charge in [0.05, 0.1) is 11.1 Å². The number of carbonyl (C=O) groups excluding carboxylic acids is 1. The summed E-state index contributed by atoms with van der Waals surface area (Å²) in [6.07, 6.45) is 2.89. The normalized spacial score (nSPS) is 15.0. The first-order chi connectivity index (χ1) is 14.4. The zero-order chi connectivity index (χ0) is 21.3. The number of alkyl halides is 2. The van der Waals surface area contributed by atoms with Gasteiger partial charge in [0, 0.05) is 23.9 Å². The molecule has 0 unspecified atom stereocenters. The number of rotatable bonds is 5. The molecular formula is C21H22F2N4O2S. The van der Waals surface area contributed by atoms with Crippen molar-refractivity contribution in [2.45, 2.75) is 33.3 Å². The van der Waals surface area contributed by atoms with Gasteiger partial charge in [0.25, 0.3) is 0 Å². The molecule has 3 aromatic rings. The van der Waals surface area contributed by atoms with Crippen LogP contribution < -0.4 is 15.0 Å². The molecule has 1 aliphatic heterocycles. The third-order valence-corrected chi connectivity index (χ3v) is 6.59. The first kappa shape index (κ1) is 20.5. The minimum atomic E-state index is -2.94. The lowest BCUT2D eigenvalue weighted by Gasteiger charge is -2.32. The molecule has 158 valence electrons. The maximum atomic E-state index is 12.7. The lowest BCUT2D eigenvalue weighted by atomic mass is 9.95. The molecule has 1 amide bonds.